The highest BCUT2D eigenvalue weighted by Crippen LogP contribution is 2.18. The van der Waals surface area contributed by atoms with Gasteiger partial charge in [-0.2, -0.15) is 0 Å². The molecule has 0 aliphatic carbocycles. The molecule has 1 aliphatic rings. The molecule has 2 amide bonds. The maximum atomic E-state index is 13.0. The third-order valence-corrected chi connectivity index (χ3v) is 5.68. The summed E-state index contributed by atoms with van der Waals surface area (Å²) in [5, 5.41) is 3.04. The zero-order valence-electron chi connectivity index (χ0n) is 17.8. The highest BCUT2D eigenvalue weighted by molar-refractivity contribution is 5.97. The minimum Gasteiger partial charge on any atom is -0.350 e. The Morgan fingerprint density at radius 1 is 0.968 bits per heavy atom. The number of hydrogen-bond acceptors (Lipinski definition) is 4. The maximum absolute atomic E-state index is 13.0. The number of aryl methyl sites for hydroxylation is 2. The van der Waals surface area contributed by atoms with Gasteiger partial charge in [0.05, 0.1) is 22.4 Å². The van der Waals surface area contributed by atoms with Gasteiger partial charge < -0.3 is 10.2 Å². The van der Waals surface area contributed by atoms with Gasteiger partial charge in [0.1, 0.15) is 0 Å². The van der Waals surface area contributed by atoms with Gasteiger partial charge in [0.2, 0.25) is 5.91 Å². The Labute approximate surface area is 182 Å². The molecule has 2 aromatic carbocycles. The van der Waals surface area contributed by atoms with E-state index in [4.69, 9.17) is 0 Å². The molecule has 0 saturated carbocycles. The lowest BCUT2D eigenvalue weighted by Gasteiger charge is -2.32. The van der Waals surface area contributed by atoms with Gasteiger partial charge in [0.15, 0.2) is 0 Å². The first-order valence-electron chi connectivity index (χ1n) is 10.6. The summed E-state index contributed by atoms with van der Waals surface area (Å²) in [5.74, 6) is -0.108. The standard InChI is InChI=1S/C25H26N4O2/c1-17-18(2)27-23-16-20(9-10-22(23)26-17)25(31)29-14-12-21(13-15-29)28-24(30)11-8-19-6-4-3-5-7-19/h3-11,16,21H,12-15H2,1-2H3,(H,28,30)/b11-8+. The predicted molar refractivity (Wildman–Crippen MR) is 122 cm³/mol. The van der Waals surface area contributed by atoms with E-state index >= 15 is 0 Å². The molecule has 1 fully saturated rings. The summed E-state index contributed by atoms with van der Waals surface area (Å²) in [5.41, 5.74) is 4.91. The molecule has 1 aromatic heterocycles. The number of carbonyl (C=O) groups excluding carboxylic acids is 2. The predicted octanol–water partition coefficient (Wildman–Crippen LogP) is 3.68. The van der Waals surface area contributed by atoms with E-state index < -0.39 is 0 Å². The highest BCUT2D eigenvalue weighted by atomic mass is 16.2. The second-order valence-electron chi connectivity index (χ2n) is 7.92. The summed E-state index contributed by atoms with van der Waals surface area (Å²) in [4.78, 5) is 36.1. The number of carbonyl (C=O) groups is 2. The molecular weight excluding hydrogens is 388 g/mol. The molecule has 0 spiro atoms. The number of amides is 2. The van der Waals surface area contributed by atoms with Crippen molar-refractivity contribution in [1.29, 1.82) is 0 Å². The molecule has 2 heterocycles. The fraction of sp³-hybridized carbons (Fsp3) is 0.280. The van der Waals surface area contributed by atoms with Gasteiger partial charge in [-0.3, -0.25) is 9.59 Å². The average molecular weight is 415 g/mol. The van der Waals surface area contributed by atoms with Crippen molar-refractivity contribution in [1.82, 2.24) is 20.2 Å². The summed E-state index contributed by atoms with van der Waals surface area (Å²) in [7, 11) is 0. The second-order valence-corrected chi connectivity index (χ2v) is 7.92. The van der Waals surface area contributed by atoms with Gasteiger partial charge in [-0.25, -0.2) is 9.97 Å². The van der Waals surface area contributed by atoms with Crippen LogP contribution in [-0.4, -0.2) is 45.8 Å². The fourth-order valence-electron chi connectivity index (χ4n) is 3.76. The molecule has 0 atom stereocenters. The van der Waals surface area contributed by atoms with E-state index in [1.54, 1.807) is 12.2 Å². The lowest BCUT2D eigenvalue weighted by molar-refractivity contribution is -0.117. The molecule has 1 saturated heterocycles. The van der Waals surface area contributed by atoms with Gasteiger partial charge >= 0.3 is 0 Å². The lowest BCUT2D eigenvalue weighted by Crippen LogP contribution is -2.46. The third-order valence-electron chi connectivity index (χ3n) is 5.68. The Morgan fingerprint density at radius 3 is 2.35 bits per heavy atom. The van der Waals surface area contributed by atoms with Crippen molar-refractivity contribution in [2.45, 2.75) is 32.7 Å². The summed E-state index contributed by atoms with van der Waals surface area (Å²) in [6, 6.07) is 15.3. The number of hydrogen-bond donors (Lipinski definition) is 1. The van der Waals surface area contributed by atoms with Crippen LogP contribution in [0.15, 0.2) is 54.6 Å². The molecular formula is C25H26N4O2. The first-order valence-corrected chi connectivity index (χ1v) is 10.6. The van der Waals surface area contributed by atoms with Crippen LogP contribution in [0.4, 0.5) is 0 Å². The zero-order valence-corrected chi connectivity index (χ0v) is 17.8. The molecule has 0 unspecified atom stereocenters. The van der Waals surface area contributed by atoms with E-state index in [-0.39, 0.29) is 17.9 Å². The SMILES string of the molecule is Cc1nc2ccc(C(=O)N3CCC(NC(=O)/C=C/c4ccccc4)CC3)cc2nc1C. The van der Waals surface area contributed by atoms with Crippen molar-refractivity contribution in [3.8, 4) is 0 Å². The van der Waals surface area contributed by atoms with Crippen LogP contribution in [0.2, 0.25) is 0 Å². The molecule has 1 aliphatic heterocycles. The topological polar surface area (TPSA) is 75.2 Å². The molecule has 3 aromatic rings. The maximum Gasteiger partial charge on any atom is 0.253 e. The van der Waals surface area contributed by atoms with Crippen molar-refractivity contribution in [3.05, 3.63) is 77.1 Å². The van der Waals surface area contributed by atoms with Crippen LogP contribution >= 0.6 is 0 Å². The Kier molecular flexibility index (Phi) is 6.07. The van der Waals surface area contributed by atoms with Gasteiger partial charge in [-0.05, 0) is 56.5 Å². The van der Waals surface area contributed by atoms with E-state index in [1.165, 1.54) is 0 Å². The number of rotatable bonds is 4. The van der Waals surface area contributed by atoms with Crippen molar-refractivity contribution in [3.63, 3.8) is 0 Å². The van der Waals surface area contributed by atoms with Crippen LogP contribution in [0.1, 0.15) is 40.2 Å². The number of piperidine rings is 1. The lowest BCUT2D eigenvalue weighted by atomic mass is 10.0. The number of likely N-dealkylation sites (tertiary alicyclic amines) is 1. The molecule has 31 heavy (non-hydrogen) atoms. The molecule has 6 nitrogen and oxygen atoms in total. The monoisotopic (exact) mass is 414 g/mol. The van der Waals surface area contributed by atoms with E-state index in [9.17, 15) is 9.59 Å². The second kappa shape index (κ2) is 9.08. The Bertz CT molecular complexity index is 1130. The minimum atomic E-state index is -0.104. The third kappa shape index (κ3) is 4.97. The van der Waals surface area contributed by atoms with Crippen molar-refractivity contribution in [2.24, 2.45) is 0 Å². The first-order chi connectivity index (χ1) is 15.0. The molecule has 158 valence electrons. The molecule has 1 N–H and O–H groups in total. The van der Waals surface area contributed by atoms with Crippen LogP contribution in [0, 0.1) is 13.8 Å². The fourth-order valence-corrected chi connectivity index (χ4v) is 3.76. The van der Waals surface area contributed by atoms with Gasteiger partial charge in [-0.15, -0.1) is 0 Å². The average Bonchev–Trinajstić information content (AvgIpc) is 2.79. The molecule has 6 heteroatoms. The Hall–Kier alpha value is -3.54. The van der Waals surface area contributed by atoms with Crippen molar-refractivity contribution in [2.75, 3.05) is 13.1 Å². The van der Waals surface area contributed by atoms with Gasteiger partial charge in [-0.1, -0.05) is 30.3 Å². The minimum absolute atomic E-state index is 0.00400. The number of nitrogens with one attached hydrogen (secondary N) is 1. The number of aromatic nitrogens is 2. The first kappa shape index (κ1) is 20.7. The number of nitrogens with zero attached hydrogens (tertiary/aromatic N) is 3. The summed E-state index contributed by atoms with van der Waals surface area (Å²) in [6.07, 6.45) is 4.84. The Morgan fingerprint density at radius 2 is 1.65 bits per heavy atom. The quantitative estimate of drug-likeness (QED) is 0.661. The van der Waals surface area contributed by atoms with Gasteiger partial charge in [0.25, 0.3) is 5.91 Å². The number of benzene rings is 2. The van der Waals surface area contributed by atoms with E-state index in [0.29, 0.717) is 18.7 Å². The van der Waals surface area contributed by atoms with Crippen molar-refractivity contribution >= 4 is 28.9 Å². The summed E-state index contributed by atoms with van der Waals surface area (Å²) in [6.45, 7) is 5.08. The largest absolute Gasteiger partial charge is 0.350 e. The van der Waals surface area contributed by atoms with Crippen LogP contribution < -0.4 is 5.32 Å². The van der Waals surface area contributed by atoms with E-state index in [0.717, 1.165) is 40.8 Å². The number of fused-ring (bicyclic) bond motifs is 1. The van der Waals surface area contributed by atoms with Crippen molar-refractivity contribution < 1.29 is 9.59 Å². The van der Waals surface area contributed by atoms with Crippen LogP contribution in [0.25, 0.3) is 17.1 Å². The van der Waals surface area contributed by atoms with Crippen LogP contribution in [0.3, 0.4) is 0 Å². The van der Waals surface area contributed by atoms with E-state index in [1.807, 2.05) is 67.3 Å². The molecule has 0 bridgehead atoms. The van der Waals surface area contributed by atoms with Gasteiger partial charge in [0, 0.05) is 30.8 Å². The Balaban J connectivity index is 1.33. The van der Waals surface area contributed by atoms with Crippen LogP contribution in [-0.2, 0) is 4.79 Å². The molecule has 4 rings (SSSR count). The molecule has 0 radical (unpaired) electrons. The van der Waals surface area contributed by atoms with Crippen LogP contribution in [0.5, 0.6) is 0 Å². The highest BCUT2D eigenvalue weighted by Gasteiger charge is 2.24. The summed E-state index contributed by atoms with van der Waals surface area (Å²) < 4.78 is 0. The van der Waals surface area contributed by atoms with E-state index in [2.05, 4.69) is 15.3 Å². The summed E-state index contributed by atoms with van der Waals surface area (Å²) >= 11 is 0. The zero-order chi connectivity index (χ0) is 21.8. The normalized spacial score (nSPS) is 14.8. The smallest absolute Gasteiger partial charge is 0.253 e.